The van der Waals surface area contributed by atoms with Crippen molar-refractivity contribution in [1.29, 1.82) is 0 Å². The quantitative estimate of drug-likeness (QED) is 0.149. The van der Waals surface area contributed by atoms with Crippen LogP contribution in [-0.2, 0) is 35.2 Å². The van der Waals surface area contributed by atoms with Crippen LogP contribution < -0.4 is 0 Å². The number of nitro groups is 1. The van der Waals surface area contributed by atoms with E-state index in [1.165, 1.54) is 24.3 Å². The molecule has 2 fully saturated rings. The van der Waals surface area contributed by atoms with Crippen molar-refractivity contribution >= 4 is 35.6 Å². The molecule has 0 unspecified atom stereocenters. The number of carbonyl (C=O) groups excluding carboxylic acids is 4. The molecule has 0 bridgehead atoms. The molecule has 2 amide bonds. The number of non-ortho nitro benzene ring substituents is 1. The highest BCUT2D eigenvalue weighted by Crippen LogP contribution is 2.21. The van der Waals surface area contributed by atoms with Crippen LogP contribution in [-0.4, -0.2) is 89.1 Å². The molecule has 1 aromatic carbocycles. The number of hydrogen-bond donors (Lipinski definition) is 1. The molecule has 2 saturated heterocycles. The molecule has 1 N–H and O–H groups in total. The number of amides is 2. The first-order valence-corrected chi connectivity index (χ1v) is 13.5. The number of likely N-dealkylation sites (tertiary alicyclic amines) is 2. The average Bonchev–Trinajstić information content (AvgIpc) is 2.97. The second-order valence-corrected chi connectivity index (χ2v) is 9.49. The SMILES string of the molecule is CCOC(=O)N1CCC(C(=O)CC(=O)OCc2ccc([N+](=O)[O-])cc2)CC1.CCOC(=O)N1CCC(C(=O)O)CC1. The Labute approximate surface area is 237 Å². The fourth-order valence-corrected chi connectivity index (χ4v) is 4.34. The molecule has 226 valence electrons. The van der Waals surface area contributed by atoms with Crippen LogP contribution in [0.3, 0.4) is 0 Å². The van der Waals surface area contributed by atoms with Crippen molar-refractivity contribution in [3.63, 3.8) is 0 Å². The number of rotatable bonds is 9. The Morgan fingerprint density at radius 1 is 0.829 bits per heavy atom. The number of ketones is 1. The molecule has 0 aromatic heterocycles. The highest BCUT2D eigenvalue weighted by Gasteiger charge is 2.29. The lowest BCUT2D eigenvalue weighted by Crippen LogP contribution is -2.40. The molecule has 0 atom stereocenters. The van der Waals surface area contributed by atoms with Crippen LogP contribution in [0.25, 0.3) is 0 Å². The smallest absolute Gasteiger partial charge is 0.409 e. The number of nitrogens with zero attached hydrogens (tertiary/aromatic N) is 3. The summed E-state index contributed by atoms with van der Waals surface area (Å²) in [5, 5.41) is 19.3. The predicted octanol–water partition coefficient (Wildman–Crippen LogP) is 3.41. The van der Waals surface area contributed by atoms with E-state index < -0.39 is 16.9 Å². The van der Waals surface area contributed by atoms with E-state index in [-0.39, 0.29) is 48.5 Å². The van der Waals surface area contributed by atoms with E-state index in [0.717, 1.165) is 0 Å². The summed E-state index contributed by atoms with van der Waals surface area (Å²) in [5.41, 5.74) is 0.554. The van der Waals surface area contributed by atoms with Crippen molar-refractivity contribution < 1.29 is 48.2 Å². The monoisotopic (exact) mass is 579 g/mol. The second kappa shape index (κ2) is 16.8. The Morgan fingerprint density at radius 2 is 1.29 bits per heavy atom. The molecule has 0 aliphatic carbocycles. The first-order chi connectivity index (χ1) is 19.5. The number of hydrogen-bond acceptors (Lipinski definition) is 10. The van der Waals surface area contributed by atoms with Gasteiger partial charge < -0.3 is 29.1 Å². The van der Waals surface area contributed by atoms with Gasteiger partial charge in [-0.05, 0) is 57.2 Å². The number of carboxylic acid groups (broad SMARTS) is 1. The van der Waals surface area contributed by atoms with Gasteiger partial charge in [0.15, 0.2) is 0 Å². The van der Waals surface area contributed by atoms with Crippen LogP contribution in [0.1, 0.15) is 51.5 Å². The van der Waals surface area contributed by atoms with Gasteiger partial charge in [-0.15, -0.1) is 0 Å². The highest BCUT2D eigenvalue weighted by molar-refractivity contribution is 5.96. The van der Waals surface area contributed by atoms with E-state index >= 15 is 0 Å². The molecule has 14 heteroatoms. The number of esters is 1. The van der Waals surface area contributed by atoms with Gasteiger partial charge in [-0.2, -0.15) is 0 Å². The van der Waals surface area contributed by atoms with E-state index in [1.54, 1.807) is 23.6 Å². The van der Waals surface area contributed by atoms with Crippen LogP contribution in [0, 0.1) is 22.0 Å². The van der Waals surface area contributed by atoms with Crippen LogP contribution in [0.5, 0.6) is 0 Å². The number of piperidine rings is 2. The molecule has 2 aliphatic heterocycles. The molecular formula is C27H37N3O11. The lowest BCUT2D eigenvalue weighted by Gasteiger charge is -2.30. The van der Waals surface area contributed by atoms with Crippen molar-refractivity contribution in [1.82, 2.24) is 9.80 Å². The lowest BCUT2D eigenvalue weighted by molar-refractivity contribution is -0.384. The number of ether oxygens (including phenoxy) is 3. The van der Waals surface area contributed by atoms with Crippen LogP contribution >= 0.6 is 0 Å². The Kier molecular flexibility index (Phi) is 13.5. The molecule has 0 spiro atoms. The number of benzene rings is 1. The minimum Gasteiger partial charge on any atom is -0.481 e. The summed E-state index contributed by atoms with van der Waals surface area (Å²) in [4.78, 5) is 70.8. The van der Waals surface area contributed by atoms with Crippen molar-refractivity contribution in [2.45, 2.75) is 52.6 Å². The van der Waals surface area contributed by atoms with Crippen molar-refractivity contribution in [3.05, 3.63) is 39.9 Å². The number of Topliss-reactive ketones (excluding diaryl/α,β-unsaturated/α-hetero) is 1. The zero-order valence-electron chi connectivity index (χ0n) is 23.3. The third-order valence-electron chi connectivity index (χ3n) is 6.71. The third-order valence-corrected chi connectivity index (χ3v) is 6.71. The molecule has 0 saturated carbocycles. The van der Waals surface area contributed by atoms with E-state index in [0.29, 0.717) is 70.6 Å². The maximum Gasteiger partial charge on any atom is 0.409 e. The summed E-state index contributed by atoms with van der Waals surface area (Å²) >= 11 is 0. The summed E-state index contributed by atoms with van der Waals surface area (Å²) < 4.78 is 14.8. The molecule has 14 nitrogen and oxygen atoms in total. The third kappa shape index (κ3) is 11.0. The molecule has 2 heterocycles. The molecule has 2 aliphatic rings. The molecular weight excluding hydrogens is 542 g/mol. The number of carbonyl (C=O) groups is 5. The van der Waals surface area contributed by atoms with E-state index in [1.807, 2.05) is 0 Å². The van der Waals surface area contributed by atoms with Gasteiger partial charge in [0.05, 0.1) is 24.1 Å². The fraction of sp³-hybridized carbons (Fsp3) is 0.593. The van der Waals surface area contributed by atoms with Gasteiger partial charge in [0.25, 0.3) is 5.69 Å². The standard InChI is InChI=1S/C18H22N2O7.C9H15NO4/c1-2-26-18(23)19-9-7-14(8-10-19)16(21)11-17(22)27-12-13-3-5-15(6-4-13)20(24)25;1-2-14-9(13)10-5-3-7(4-6-10)8(11)12/h3-6,14H,2,7-12H2,1H3;7H,2-6H2,1H3,(H,11,12). The zero-order chi connectivity index (χ0) is 30.4. The molecule has 3 rings (SSSR count). The summed E-state index contributed by atoms with van der Waals surface area (Å²) in [7, 11) is 0. The van der Waals surface area contributed by atoms with Gasteiger partial charge in [0.2, 0.25) is 0 Å². The molecule has 1 aromatic rings. The van der Waals surface area contributed by atoms with E-state index in [9.17, 15) is 34.1 Å². The highest BCUT2D eigenvalue weighted by atomic mass is 16.6. The Balaban J connectivity index is 0.000000353. The van der Waals surface area contributed by atoms with E-state index in [4.69, 9.17) is 19.3 Å². The van der Waals surface area contributed by atoms with Gasteiger partial charge in [-0.1, -0.05) is 0 Å². The van der Waals surface area contributed by atoms with Crippen molar-refractivity contribution in [2.75, 3.05) is 39.4 Å². The first-order valence-electron chi connectivity index (χ1n) is 13.5. The maximum atomic E-state index is 12.2. The van der Waals surface area contributed by atoms with Gasteiger partial charge in [-0.3, -0.25) is 24.5 Å². The Bertz CT molecular complexity index is 1060. The van der Waals surface area contributed by atoms with Crippen molar-refractivity contribution in [2.24, 2.45) is 11.8 Å². The minimum atomic E-state index is -0.770. The maximum absolute atomic E-state index is 12.2. The average molecular weight is 580 g/mol. The summed E-state index contributed by atoms with van der Waals surface area (Å²) in [5.74, 6) is -2.19. The molecule has 0 radical (unpaired) electrons. The zero-order valence-corrected chi connectivity index (χ0v) is 23.3. The molecule has 41 heavy (non-hydrogen) atoms. The second-order valence-electron chi connectivity index (χ2n) is 9.49. The fourth-order valence-electron chi connectivity index (χ4n) is 4.34. The van der Waals surface area contributed by atoms with Crippen LogP contribution in [0.15, 0.2) is 24.3 Å². The normalized spacial score (nSPS) is 15.7. The lowest BCUT2D eigenvalue weighted by atomic mass is 9.91. The van der Waals surface area contributed by atoms with Crippen LogP contribution in [0.4, 0.5) is 15.3 Å². The number of carboxylic acids is 1. The number of nitro benzene ring substituents is 1. The first kappa shape index (κ1) is 33.0. The minimum absolute atomic E-state index is 0.0468. The van der Waals surface area contributed by atoms with Gasteiger partial charge >= 0.3 is 24.1 Å². The van der Waals surface area contributed by atoms with Gasteiger partial charge in [-0.25, -0.2) is 9.59 Å². The Hall–Kier alpha value is -4.23. The number of aliphatic carboxylic acids is 1. The summed E-state index contributed by atoms with van der Waals surface area (Å²) in [6.45, 7) is 5.91. The largest absolute Gasteiger partial charge is 0.481 e. The topological polar surface area (TPSA) is 183 Å². The van der Waals surface area contributed by atoms with Crippen molar-refractivity contribution in [3.8, 4) is 0 Å². The van der Waals surface area contributed by atoms with Gasteiger partial charge in [0, 0.05) is 44.2 Å². The van der Waals surface area contributed by atoms with Crippen LogP contribution in [0.2, 0.25) is 0 Å². The summed E-state index contributed by atoms with van der Waals surface area (Å²) in [6.07, 6.45) is 0.988. The Morgan fingerprint density at radius 3 is 1.71 bits per heavy atom. The van der Waals surface area contributed by atoms with Gasteiger partial charge in [0.1, 0.15) is 18.8 Å². The summed E-state index contributed by atoms with van der Waals surface area (Å²) in [6, 6.07) is 5.65. The predicted molar refractivity (Wildman–Crippen MR) is 143 cm³/mol. The van der Waals surface area contributed by atoms with E-state index in [2.05, 4.69) is 0 Å².